The third kappa shape index (κ3) is 8.46. The first kappa shape index (κ1) is 28.9. The summed E-state index contributed by atoms with van der Waals surface area (Å²) in [4.78, 5) is 30.3. The third-order valence-electron chi connectivity index (χ3n) is 6.79. The van der Waals surface area contributed by atoms with E-state index in [1.165, 1.54) is 11.1 Å². The van der Waals surface area contributed by atoms with Gasteiger partial charge in [0, 0.05) is 25.1 Å². The number of Topliss-reactive ketones (excluding diaryl/α,β-unsaturated/α-hetero) is 1. The van der Waals surface area contributed by atoms with E-state index in [0.717, 1.165) is 17.8 Å². The number of nitrogens with zero attached hydrogens (tertiary/aromatic N) is 2. The highest BCUT2D eigenvalue weighted by Gasteiger charge is 2.28. The molecule has 0 saturated heterocycles. The second-order valence-electron chi connectivity index (χ2n) is 10.7. The zero-order valence-electron chi connectivity index (χ0n) is 23.2. The quantitative estimate of drug-likeness (QED) is 0.243. The molecule has 40 heavy (non-hydrogen) atoms. The molecule has 3 N–H and O–H groups in total. The summed E-state index contributed by atoms with van der Waals surface area (Å²) in [6.07, 6.45) is 4.50. The van der Waals surface area contributed by atoms with Crippen molar-refractivity contribution in [3.05, 3.63) is 126 Å². The van der Waals surface area contributed by atoms with Gasteiger partial charge in [-0.2, -0.15) is 0 Å². The van der Waals surface area contributed by atoms with E-state index in [-0.39, 0.29) is 24.7 Å². The molecule has 0 radical (unpaired) electrons. The number of nitrogens with two attached hydrogens (primary N) is 1. The topological polar surface area (TPSA) is 99.2 Å². The average Bonchev–Trinajstić information content (AvgIpc) is 3.42. The maximum absolute atomic E-state index is 13.2. The molecule has 7 heteroatoms. The summed E-state index contributed by atoms with van der Waals surface area (Å²) < 4.78 is 7.88. The van der Waals surface area contributed by atoms with E-state index in [9.17, 15) is 9.59 Å². The van der Waals surface area contributed by atoms with E-state index in [1.54, 1.807) is 13.8 Å². The van der Waals surface area contributed by atoms with E-state index >= 15 is 0 Å². The first-order valence-corrected chi connectivity index (χ1v) is 13.6. The van der Waals surface area contributed by atoms with Crippen LogP contribution in [-0.2, 0) is 33.9 Å². The molecule has 1 amide bonds. The van der Waals surface area contributed by atoms with E-state index in [4.69, 9.17) is 10.5 Å². The largest absolute Gasteiger partial charge is 0.374 e. The molecular formula is C33H38N4O3. The molecule has 1 atom stereocenters. The molecule has 4 rings (SSSR count). The van der Waals surface area contributed by atoms with Gasteiger partial charge in [0.2, 0.25) is 5.91 Å². The molecule has 0 bridgehead atoms. The van der Waals surface area contributed by atoms with Gasteiger partial charge in [0.15, 0.2) is 5.78 Å². The Morgan fingerprint density at radius 2 is 1.50 bits per heavy atom. The van der Waals surface area contributed by atoms with E-state index in [0.29, 0.717) is 13.0 Å². The van der Waals surface area contributed by atoms with Gasteiger partial charge in [-0.3, -0.25) is 9.59 Å². The van der Waals surface area contributed by atoms with Crippen LogP contribution in [0.25, 0.3) is 0 Å². The number of aromatic nitrogens is 2. The first-order chi connectivity index (χ1) is 19.3. The number of imidazole rings is 1. The van der Waals surface area contributed by atoms with Gasteiger partial charge in [-0.15, -0.1) is 0 Å². The summed E-state index contributed by atoms with van der Waals surface area (Å²) in [6, 6.07) is 29.8. The first-order valence-electron chi connectivity index (χ1n) is 13.6. The predicted octanol–water partition coefficient (Wildman–Crippen LogP) is 4.66. The minimum absolute atomic E-state index is 0.0693. The van der Waals surface area contributed by atoms with Gasteiger partial charge in [0.1, 0.15) is 6.04 Å². The van der Waals surface area contributed by atoms with Gasteiger partial charge in [-0.25, -0.2) is 4.98 Å². The van der Waals surface area contributed by atoms with Gasteiger partial charge < -0.3 is 20.4 Å². The van der Waals surface area contributed by atoms with Gasteiger partial charge in [0.25, 0.3) is 0 Å². The Kier molecular flexibility index (Phi) is 10.00. The molecule has 208 valence electrons. The molecule has 0 saturated carbocycles. The zero-order chi connectivity index (χ0) is 28.4. The number of amides is 1. The molecular weight excluding hydrogens is 500 g/mol. The maximum Gasteiger partial charge on any atom is 0.240 e. The van der Waals surface area contributed by atoms with Crippen LogP contribution in [0.15, 0.2) is 104 Å². The van der Waals surface area contributed by atoms with Crippen molar-refractivity contribution < 1.29 is 14.3 Å². The molecule has 0 fully saturated rings. The molecule has 0 aliphatic heterocycles. The number of benzene rings is 3. The monoisotopic (exact) mass is 538 g/mol. The van der Waals surface area contributed by atoms with Crippen molar-refractivity contribution in [2.24, 2.45) is 5.73 Å². The molecule has 0 spiro atoms. The van der Waals surface area contributed by atoms with Crippen molar-refractivity contribution in [1.29, 1.82) is 0 Å². The van der Waals surface area contributed by atoms with Crippen LogP contribution in [0.1, 0.15) is 48.6 Å². The second-order valence-corrected chi connectivity index (χ2v) is 10.7. The highest BCUT2D eigenvalue weighted by atomic mass is 16.5. The maximum atomic E-state index is 13.2. The number of ketones is 1. The molecule has 1 aromatic heterocycles. The van der Waals surface area contributed by atoms with Crippen molar-refractivity contribution in [2.75, 3.05) is 6.61 Å². The Morgan fingerprint density at radius 3 is 2.08 bits per heavy atom. The van der Waals surface area contributed by atoms with Crippen molar-refractivity contribution in [3.63, 3.8) is 0 Å². The highest BCUT2D eigenvalue weighted by Crippen LogP contribution is 2.26. The highest BCUT2D eigenvalue weighted by molar-refractivity contribution is 5.92. The van der Waals surface area contributed by atoms with Gasteiger partial charge in [-0.05, 0) is 37.0 Å². The number of ether oxygens (including phenoxy) is 1. The smallest absolute Gasteiger partial charge is 0.240 e. The second kappa shape index (κ2) is 13.8. The van der Waals surface area contributed by atoms with E-state index < -0.39 is 17.5 Å². The Hall–Kier alpha value is -4.07. The fourth-order valence-electron chi connectivity index (χ4n) is 4.47. The number of nitrogens with one attached hydrogen (secondary N) is 1. The van der Waals surface area contributed by atoms with Gasteiger partial charge >= 0.3 is 0 Å². The zero-order valence-corrected chi connectivity index (χ0v) is 23.2. The number of rotatable bonds is 14. The Balaban J connectivity index is 1.38. The molecule has 0 unspecified atom stereocenters. The van der Waals surface area contributed by atoms with Crippen LogP contribution in [0.2, 0.25) is 0 Å². The van der Waals surface area contributed by atoms with Crippen molar-refractivity contribution in [1.82, 2.24) is 14.9 Å². The summed E-state index contributed by atoms with van der Waals surface area (Å²) in [5.74, 6) is -0.343. The Labute approximate surface area is 236 Å². The van der Waals surface area contributed by atoms with Crippen molar-refractivity contribution in [2.45, 2.75) is 57.3 Å². The van der Waals surface area contributed by atoms with Crippen LogP contribution in [0, 0.1) is 0 Å². The lowest BCUT2D eigenvalue weighted by Gasteiger charge is -2.23. The summed E-state index contributed by atoms with van der Waals surface area (Å²) >= 11 is 0. The fraction of sp³-hybridized carbons (Fsp3) is 0.303. The predicted molar refractivity (Wildman–Crippen MR) is 157 cm³/mol. The fourth-order valence-corrected chi connectivity index (χ4v) is 4.47. The van der Waals surface area contributed by atoms with Crippen LogP contribution in [0.5, 0.6) is 0 Å². The number of hydrogen-bond acceptors (Lipinski definition) is 5. The molecule has 0 aliphatic rings. The Bertz CT molecular complexity index is 1310. The Morgan fingerprint density at radius 1 is 0.925 bits per heavy atom. The standard InChI is InChI=1S/C33H38N4O3/c1-33(2,34)32(39)36-30(23-40-22-25-12-6-3-7-13-25)31(38)19-18-28-20-37(24-35-28)21-29(26-14-8-4-9-15-26)27-16-10-5-11-17-27/h3-17,20,24,29-30H,18-19,21-23,34H2,1-2H3,(H,36,39)/t30-/m1/s1. The minimum Gasteiger partial charge on any atom is -0.374 e. The van der Waals surface area contributed by atoms with Crippen molar-refractivity contribution >= 4 is 11.7 Å². The van der Waals surface area contributed by atoms with Gasteiger partial charge in [-0.1, -0.05) is 91.0 Å². The number of hydrogen-bond donors (Lipinski definition) is 2. The molecule has 0 aliphatic carbocycles. The lowest BCUT2D eigenvalue weighted by atomic mass is 9.91. The molecule has 4 aromatic rings. The van der Waals surface area contributed by atoms with Gasteiger partial charge in [0.05, 0.1) is 30.8 Å². The van der Waals surface area contributed by atoms with Crippen LogP contribution < -0.4 is 11.1 Å². The summed E-state index contributed by atoms with van der Waals surface area (Å²) in [7, 11) is 0. The molecule has 1 heterocycles. The van der Waals surface area contributed by atoms with Crippen LogP contribution in [0.3, 0.4) is 0 Å². The van der Waals surface area contributed by atoms with E-state index in [1.807, 2.05) is 55.0 Å². The molecule has 7 nitrogen and oxygen atoms in total. The lowest BCUT2D eigenvalue weighted by Crippen LogP contribution is -2.55. The number of aryl methyl sites for hydroxylation is 1. The minimum atomic E-state index is -1.11. The van der Waals surface area contributed by atoms with Crippen LogP contribution in [0.4, 0.5) is 0 Å². The molecule has 3 aromatic carbocycles. The summed E-state index contributed by atoms with van der Waals surface area (Å²) in [6.45, 7) is 4.37. The third-order valence-corrected chi connectivity index (χ3v) is 6.79. The summed E-state index contributed by atoms with van der Waals surface area (Å²) in [5, 5.41) is 2.78. The number of carbonyl (C=O) groups is 2. The van der Waals surface area contributed by atoms with E-state index in [2.05, 4.69) is 63.4 Å². The SMILES string of the molecule is CC(C)(N)C(=O)N[C@H](COCc1ccccc1)C(=O)CCc1cn(CC(c2ccccc2)c2ccccc2)cn1. The van der Waals surface area contributed by atoms with Crippen LogP contribution >= 0.6 is 0 Å². The average molecular weight is 539 g/mol. The van der Waals surface area contributed by atoms with Crippen molar-refractivity contribution in [3.8, 4) is 0 Å². The summed E-state index contributed by atoms with van der Waals surface area (Å²) in [5.41, 5.74) is 9.14. The lowest BCUT2D eigenvalue weighted by molar-refractivity contribution is -0.131. The number of carbonyl (C=O) groups excluding carboxylic acids is 2. The normalized spacial score (nSPS) is 12.3. The van der Waals surface area contributed by atoms with Crippen LogP contribution in [-0.4, -0.2) is 39.4 Å².